The third kappa shape index (κ3) is 5.56. The number of rotatable bonds is 6. The summed E-state index contributed by atoms with van der Waals surface area (Å²) in [5.41, 5.74) is 0. The van der Waals surface area contributed by atoms with Gasteiger partial charge in [-0.25, -0.2) is 8.42 Å². The van der Waals surface area contributed by atoms with Gasteiger partial charge in [-0.05, 0) is 24.1 Å². The lowest BCUT2D eigenvalue weighted by molar-refractivity contribution is -0.122. The summed E-state index contributed by atoms with van der Waals surface area (Å²) in [5, 5.41) is 3.34. The molecule has 1 aliphatic rings. The number of nitrogens with zero attached hydrogens (tertiary/aromatic N) is 2. The lowest BCUT2D eigenvalue weighted by Crippen LogP contribution is -2.51. The second-order valence-electron chi connectivity index (χ2n) is 6.45. The van der Waals surface area contributed by atoms with Gasteiger partial charge in [0.1, 0.15) is 4.90 Å². The van der Waals surface area contributed by atoms with Gasteiger partial charge < -0.3 is 5.32 Å². The van der Waals surface area contributed by atoms with Crippen LogP contribution >= 0.6 is 23.2 Å². The smallest absolute Gasteiger partial charge is 0.244 e. The fourth-order valence-corrected chi connectivity index (χ4v) is 4.68. The molecule has 1 aromatic carbocycles. The monoisotopic (exact) mass is 407 g/mol. The molecular formula is C16H23Cl2N3O3S. The molecule has 1 heterocycles. The van der Waals surface area contributed by atoms with Crippen molar-refractivity contribution in [1.29, 1.82) is 0 Å². The molecule has 0 spiro atoms. The number of hydrogen-bond acceptors (Lipinski definition) is 4. The Labute approximate surface area is 159 Å². The second kappa shape index (κ2) is 8.68. The molecule has 0 aromatic heterocycles. The summed E-state index contributed by atoms with van der Waals surface area (Å²) in [4.78, 5) is 13.8. The Morgan fingerprint density at radius 3 is 2.44 bits per heavy atom. The van der Waals surface area contributed by atoms with Crippen LogP contribution in [0.2, 0.25) is 10.0 Å². The van der Waals surface area contributed by atoms with Crippen LogP contribution in [0.3, 0.4) is 0 Å². The largest absolute Gasteiger partial charge is 0.355 e. The van der Waals surface area contributed by atoms with Crippen LogP contribution in [0.25, 0.3) is 0 Å². The van der Waals surface area contributed by atoms with E-state index in [4.69, 9.17) is 23.2 Å². The zero-order valence-electron chi connectivity index (χ0n) is 14.3. The van der Waals surface area contributed by atoms with Crippen molar-refractivity contribution in [2.24, 2.45) is 5.92 Å². The Morgan fingerprint density at radius 2 is 1.84 bits per heavy atom. The molecule has 0 saturated carbocycles. The molecule has 0 unspecified atom stereocenters. The standard InChI is InChI=1S/C16H23Cl2N3O3S/c1-12(2)10-19-16(22)11-20-5-7-21(8-6-20)25(23,24)15-9-13(17)3-4-14(15)18/h3-4,9,12H,5-8,10-11H2,1-2H3,(H,19,22). The number of piperazine rings is 1. The molecule has 1 aromatic rings. The topological polar surface area (TPSA) is 69.7 Å². The molecular weight excluding hydrogens is 385 g/mol. The van der Waals surface area contributed by atoms with E-state index in [1.54, 1.807) is 6.07 Å². The number of carbonyl (C=O) groups excluding carboxylic acids is 1. The third-order valence-electron chi connectivity index (χ3n) is 3.92. The van der Waals surface area contributed by atoms with E-state index in [0.29, 0.717) is 43.7 Å². The summed E-state index contributed by atoms with van der Waals surface area (Å²) in [7, 11) is -3.70. The van der Waals surface area contributed by atoms with Gasteiger partial charge in [0.05, 0.1) is 11.6 Å². The van der Waals surface area contributed by atoms with Gasteiger partial charge in [-0.1, -0.05) is 37.0 Å². The maximum Gasteiger partial charge on any atom is 0.244 e. The zero-order valence-corrected chi connectivity index (χ0v) is 16.7. The van der Waals surface area contributed by atoms with E-state index in [1.165, 1.54) is 16.4 Å². The van der Waals surface area contributed by atoms with Crippen molar-refractivity contribution in [3.05, 3.63) is 28.2 Å². The Morgan fingerprint density at radius 1 is 1.20 bits per heavy atom. The van der Waals surface area contributed by atoms with Gasteiger partial charge in [0.15, 0.2) is 0 Å². The van der Waals surface area contributed by atoms with Crippen molar-refractivity contribution in [1.82, 2.24) is 14.5 Å². The Kier molecular flexibility index (Phi) is 7.10. The fraction of sp³-hybridized carbons (Fsp3) is 0.562. The van der Waals surface area contributed by atoms with E-state index in [2.05, 4.69) is 5.32 Å². The van der Waals surface area contributed by atoms with Crippen LogP contribution in [-0.2, 0) is 14.8 Å². The second-order valence-corrected chi connectivity index (χ2v) is 9.20. The third-order valence-corrected chi connectivity index (χ3v) is 6.53. The molecule has 6 nitrogen and oxygen atoms in total. The van der Waals surface area contributed by atoms with E-state index in [9.17, 15) is 13.2 Å². The lowest BCUT2D eigenvalue weighted by atomic mass is 10.2. The normalized spacial score (nSPS) is 17.0. The maximum atomic E-state index is 12.8. The van der Waals surface area contributed by atoms with E-state index >= 15 is 0 Å². The summed E-state index contributed by atoms with van der Waals surface area (Å²) in [6.45, 7) is 6.58. The van der Waals surface area contributed by atoms with Crippen molar-refractivity contribution >= 4 is 39.1 Å². The number of amides is 1. The Bertz CT molecular complexity index is 717. The molecule has 0 radical (unpaired) electrons. The van der Waals surface area contributed by atoms with Crippen molar-refractivity contribution in [3.63, 3.8) is 0 Å². The van der Waals surface area contributed by atoms with Gasteiger partial charge >= 0.3 is 0 Å². The highest BCUT2D eigenvalue weighted by Gasteiger charge is 2.30. The average molecular weight is 408 g/mol. The lowest BCUT2D eigenvalue weighted by Gasteiger charge is -2.33. The molecule has 0 bridgehead atoms. The number of carbonyl (C=O) groups is 1. The van der Waals surface area contributed by atoms with Crippen molar-refractivity contribution in [2.75, 3.05) is 39.3 Å². The summed E-state index contributed by atoms with van der Waals surface area (Å²) >= 11 is 11.9. The summed E-state index contributed by atoms with van der Waals surface area (Å²) in [6, 6.07) is 4.40. The molecule has 9 heteroatoms. The molecule has 0 aliphatic carbocycles. The van der Waals surface area contributed by atoms with Gasteiger partial charge in [-0.3, -0.25) is 9.69 Å². The summed E-state index contributed by atoms with van der Waals surface area (Å²) in [5.74, 6) is 0.358. The molecule has 1 amide bonds. The van der Waals surface area contributed by atoms with E-state index in [0.717, 1.165) is 0 Å². The highest BCUT2D eigenvalue weighted by Crippen LogP contribution is 2.28. The Balaban J connectivity index is 1.95. The first-order valence-corrected chi connectivity index (χ1v) is 10.3. The fourth-order valence-electron chi connectivity index (χ4n) is 2.52. The number of halogens is 2. The highest BCUT2D eigenvalue weighted by atomic mass is 35.5. The van der Waals surface area contributed by atoms with Crippen molar-refractivity contribution in [3.8, 4) is 0 Å². The van der Waals surface area contributed by atoms with Gasteiger partial charge in [0.25, 0.3) is 0 Å². The minimum Gasteiger partial charge on any atom is -0.355 e. The molecule has 1 N–H and O–H groups in total. The van der Waals surface area contributed by atoms with Crippen LogP contribution < -0.4 is 5.32 Å². The van der Waals surface area contributed by atoms with Gasteiger partial charge in [-0.15, -0.1) is 0 Å². The summed E-state index contributed by atoms with van der Waals surface area (Å²) in [6.07, 6.45) is 0. The van der Waals surface area contributed by atoms with Gasteiger partial charge in [0.2, 0.25) is 15.9 Å². The van der Waals surface area contributed by atoms with E-state index in [-0.39, 0.29) is 22.4 Å². The SMILES string of the molecule is CC(C)CNC(=O)CN1CCN(S(=O)(=O)c2cc(Cl)ccc2Cl)CC1. The quantitative estimate of drug-likeness (QED) is 0.783. The molecule has 140 valence electrons. The molecule has 2 rings (SSSR count). The first kappa shape index (κ1) is 20.5. The highest BCUT2D eigenvalue weighted by molar-refractivity contribution is 7.89. The van der Waals surface area contributed by atoms with Gasteiger partial charge in [-0.2, -0.15) is 4.31 Å². The van der Waals surface area contributed by atoms with Crippen LogP contribution in [0, 0.1) is 5.92 Å². The number of nitrogens with one attached hydrogen (secondary N) is 1. The van der Waals surface area contributed by atoms with Crippen molar-refractivity contribution in [2.45, 2.75) is 18.7 Å². The number of benzene rings is 1. The molecule has 25 heavy (non-hydrogen) atoms. The molecule has 1 aliphatic heterocycles. The molecule has 1 fully saturated rings. The summed E-state index contributed by atoms with van der Waals surface area (Å²) < 4.78 is 26.9. The average Bonchev–Trinajstić information content (AvgIpc) is 2.55. The zero-order chi connectivity index (χ0) is 18.6. The maximum absolute atomic E-state index is 12.8. The Hall–Kier alpha value is -0.860. The van der Waals surface area contributed by atoms with Gasteiger partial charge in [0, 0.05) is 37.7 Å². The number of sulfonamides is 1. The minimum absolute atomic E-state index is 0.0183. The molecule has 1 saturated heterocycles. The van der Waals surface area contributed by atoms with Crippen LogP contribution in [0.5, 0.6) is 0 Å². The minimum atomic E-state index is -3.70. The van der Waals surface area contributed by atoms with Crippen LogP contribution in [0.15, 0.2) is 23.1 Å². The predicted octanol–water partition coefficient (Wildman–Crippen LogP) is 2.07. The number of hydrogen-bond donors (Lipinski definition) is 1. The first-order valence-electron chi connectivity index (χ1n) is 8.14. The van der Waals surface area contributed by atoms with E-state index in [1.807, 2.05) is 18.7 Å². The predicted molar refractivity (Wildman–Crippen MR) is 99.5 cm³/mol. The van der Waals surface area contributed by atoms with Crippen molar-refractivity contribution < 1.29 is 13.2 Å². The van der Waals surface area contributed by atoms with E-state index < -0.39 is 10.0 Å². The molecule has 0 atom stereocenters. The first-order chi connectivity index (χ1) is 11.7. The van der Waals surface area contributed by atoms with Crippen LogP contribution in [0.4, 0.5) is 0 Å². The van der Waals surface area contributed by atoms with Crippen LogP contribution in [0.1, 0.15) is 13.8 Å². The van der Waals surface area contributed by atoms with Crippen LogP contribution in [-0.4, -0.2) is 62.8 Å².